The van der Waals surface area contributed by atoms with Crippen LogP contribution in [0.1, 0.15) is 168 Å². The van der Waals surface area contributed by atoms with Gasteiger partial charge in [-0.05, 0) is 38.9 Å². The highest BCUT2D eigenvalue weighted by Gasteiger charge is 2.02. The van der Waals surface area contributed by atoms with Crippen LogP contribution in [0.5, 0.6) is 0 Å². The molecule has 30 heavy (non-hydrogen) atoms. The van der Waals surface area contributed by atoms with Crippen LogP contribution in [0.25, 0.3) is 0 Å². The summed E-state index contributed by atoms with van der Waals surface area (Å²) >= 11 is 0. The SMILES string of the molecule is CCCCCCCCCCCCCCCCCCCCCCN(CCC)CCCC. The molecular weight excluding hydrogens is 362 g/mol. The number of hydrogen-bond acceptors (Lipinski definition) is 1. The molecule has 0 N–H and O–H groups in total. The third-order valence-electron chi connectivity index (χ3n) is 6.70. The molecule has 0 aliphatic rings. The van der Waals surface area contributed by atoms with Gasteiger partial charge in [-0.1, -0.05) is 149 Å². The maximum atomic E-state index is 2.69. The van der Waals surface area contributed by atoms with E-state index in [1.165, 1.54) is 167 Å². The maximum Gasteiger partial charge on any atom is -0.00187 e. The summed E-state index contributed by atoms with van der Waals surface area (Å²) in [5.74, 6) is 0. The number of rotatable bonds is 26. The topological polar surface area (TPSA) is 3.24 Å². The van der Waals surface area contributed by atoms with Gasteiger partial charge in [-0.15, -0.1) is 0 Å². The first kappa shape index (κ1) is 30.0. The Hall–Kier alpha value is -0.0400. The molecule has 0 aromatic heterocycles. The second kappa shape index (κ2) is 27.0. The van der Waals surface area contributed by atoms with Gasteiger partial charge in [0.05, 0.1) is 0 Å². The van der Waals surface area contributed by atoms with Gasteiger partial charge in [-0.2, -0.15) is 0 Å². The average molecular weight is 424 g/mol. The van der Waals surface area contributed by atoms with Gasteiger partial charge in [0.2, 0.25) is 0 Å². The van der Waals surface area contributed by atoms with Crippen LogP contribution in [0.4, 0.5) is 0 Å². The molecule has 0 saturated heterocycles. The van der Waals surface area contributed by atoms with Gasteiger partial charge in [0.1, 0.15) is 0 Å². The highest BCUT2D eigenvalue weighted by atomic mass is 15.1. The summed E-state index contributed by atoms with van der Waals surface area (Å²) in [6.07, 6.45) is 33.4. The maximum absolute atomic E-state index is 2.69. The van der Waals surface area contributed by atoms with Crippen LogP contribution in [-0.4, -0.2) is 24.5 Å². The van der Waals surface area contributed by atoms with Crippen molar-refractivity contribution in [2.45, 2.75) is 168 Å². The smallest absolute Gasteiger partial charge is 0.00187 e. The van der Waals surface area contributed by atoms with Crippen LogP contribution in [0.3, 0.4) is 0 Å². The van der Waals surface area contributed by atoms with E-state index in [2.05, 4.69) is 25.7 Å². The first-order valence-corrected chi connectivity index (χ1v) is 14.6. The highest BCUT2D eigenvalue weighted by molar-refractivity contribution is 4.58. The van der Waals surface area contributed by atoms with E-state index in [4.69, 9.17) is 0 Å². The monoisotopic (exact) mass is 423 g/mol. The Kier molecular flexibility index (Phi) is 27.0. The predicted octanol–water partition coefficient (Wildman–Crippen LogP) is 10.3. The number of unbranched alkanes of at least 4 members (excludes halogenated alkanes) is 20. The van der Waals surface area contributed by atoms with Crippen LogP contribution in [-0.2, 0) is 0 Å². The van der Waals surface area contributed by atoms with Gasteiger partial charge in [0.15, 0.2) is 0 Å². The summed E-state index contributed by atoms with van der Waals surface area (Å²) in [6.45, 7) is 10.9. The predicted molar refractivity (Wildman–Crippen MR) is 140 cm³/mol. The van der Waals surface area contributed by atoms with E-state index < -0.39 is 0 Å². The summed E-state index contributed by atoms with van der Waals surface area (Å²) in [7, 11) is 0. The number of hydrogen-bond donors (Lipinski definition) is 0. The molecule has 0 spiro atoms. The van der Waals surface area contributed by atoms with E-state index in [9.17, 15) is 0 Å². The zero-order valence-electron chi connectivity index (χ0n) is 21.8. The van der Waals surface area contributed by atoms with Gasteiger partial charge >= 0.3 is 0 Å². The molecule has 0 fully saturated rings. The summed E-state index contributed by atoms with van der Waals surface area (Å²) < 4.78 is 0. The van der Waals surface area contributed by atoms with Crippen LogP contribution in [0.2, 0.25) is 0 Å². The molecule has 0 aliphatic heterocycles. The fourth-order valence-electron chi connectivity index (χ4n) is 4.62. The average Bonchev–Trinajstić information content (AvgIpc) is 2.76. The van der Waals surface area contributed by atoms with Crippen LogP contribution < -0.4 is 0 Å². The molecule has 0 aromatic rings. The Morgan fingerprint density at radius 3 is 0.900 bits per heavy atom. The van der Waals surface area contributed by atoms with Gasteiger partial charge in [-0.25, -0.2) is 0 Å². The molecule has 0 aromatic carbocycles. The van der Waals surface area contributed by atoms with Gasteiger partial charge in [0.25, 0.3) is 0 Å². The van der Waals surface area contributed by atoms with Crippen LogP contribution in [0, 0.1) is 0 Å². The van der Waals surface area contributed by atoms with Crippen molar-refractivity contribution in [2.24, 2.45) is 0 Å². The van der Waals surface area contributed by atoms with Gasteiger partial charge in [-0.3, -0.25) is 0 Å². The largest absolute Gasteiger partial charge is 0.303 e. The molecule has 1 heteroatoms. The van der Waals surface area contributed by atoms with Crippen molar-refractivity contribution in [1.29, 1.82) is 0 Å². The molecule has 182 valence electrons. The zero-order valence-corrected chi connectivity index (χ0v) is 21.8. The summed E-state index contributed by atoms with van der Waals surface area (Å²) in [5, 5.41) is 0. The minimum absolute atomic E-state index is 1.30. The van der Waals surface area contributed by atoms with Crippen molar-refractivity contribution in [2.75, 3.05) is 19.6 Å². The van der Waals surface area contributed by atoms with Gasteiger partial charge < -0.3 is 4.90 Å². The summed E-state index contributed by atoms with van der Waals surface area (Å²) in [5.41, 5.74) is 0. The van der Waals surface area contributed by atoms with E-state index in [1.807, 2.05) is 0 Å². The van der Waals surface area contributed by atoms with E-state index in [0.29, 0.717) is 0 Å². The lowest BCUT2D eigenvalue weighted by molar-refractivity contribution is 0.263. The van der Waals surface area contributed by atoms with Crippen molar-refractivity contribution in [1.82, 2.24) is 4.90 Å². The lowest BCUT2D eigenvalue weighted by Gasteiger charge is -2.21. The van der Waals surface area contributed by atoms with Crippen molar-refractivity contribution in [3.05, 3.63) is 0 Å². The van der Waals surface area contributed by atoms with E-state index in [-0.39, 0.29) is 0 Å². The lowest BCUT2D eigenvalue weighted by Crippen LogP contribution is -2.26. The standard InChI is InChI=1S/C29H61N/c1-4-7-9-10-11-12-13-14-15-16-17-18-19-20-21-22-23-24-25-26-29-30(27-6-3)28-8-5-2/h4-29H2,1-3H3. The van der Waals surface area contributed by atoms with E-state index in [0.717, 1.165) is 0 Å². The summed E-state index contributed by atoms with van der Waals surface area (Å²) in [4.78, 5) is 2.69. The Balaban J connectivity index is 3.15. The van der Waals surface area contributed by atoms with Crippen molar-refractivity contribution in [3.63, 3.8) is 0 Å². The molecular formula is C29H61N. The molecule has 0 saturated carbocycles. The van der Waals surface area contributed by atoms with Crippen molar-refractivity contribution in [3.8, 4) is 0 Å². The van der Waals surface area contributed by atoms with E-state index >= 15 is 0 Å². The Morgan fingerprint density at radius 1 is 0.267 bits per heavy atom. The molecule has 0 atom stereocenters. The minimum atomic E-state index is 1.30. The normalized spacial score (nSPS) is 11.6. The third kappa shape index (κ3) is 24.2. The molecule has 0 rings (SSSR count). The number of nitrogens with zero attached hydrogens (tertiary/aromatic N) is 1. The molecule has 1 nitrogen and oxygen atoms in total. The Bertz CT molecular complexity index is 288. The minimum Gasteiger partial charge on any atom is -0.303 e. The first-order valence-electron chi connectivity index (χ1n) is 14.6. The van der Waals surface area contributed by atoms with Gasteiger partial charge in [0, 0.05) is 0 Å². The van der Waals surface area contributed by atoms with Crippen LogP contribution >= 0.6 is 0 Å². The molecule has 0 bridgehead atoms. The Morgan fingerprint density at radius 2 is 0.567 bits per heavy atom. The fourth-order valence-corrected chi connectivity index (χ4v) is 4.62. The molecule has 0 unspecified atom stereocenters. The second-order valence-electron chi connectivity index (χ2n) is 9.91. The first-order chi connectivity index (χ1) is 14.8. The molecule has 0 heterocycles. The quantitative estimate of drug-likeness (QED) is 0.125. The van der Waals surface area contributed by atoms with Crippen LogP contribution in [0.15, 0.2) is 0 Å². The van der Waals surface area contributed by atoms with Crippen molar-refractivity contribution >= 4 is 0 Å². The van der Waals surface area contributed by atoms with E-state index in [1.54, 1.807) is 0 Å². The third-order valence-corrected chi connectivity index (χ3v) is 6.70. The molecule has 0 aliphatic carbocycles. The second-order valence-corrected chi connectivity index (χ2v) is 9.91. The molecule has 0 radical (unpaired) electrons. The lowest BCUT2D eigenvalue weighted by atomic mass is 10.0. The molecule has 0 amide bonds. The summed E-state index contributed by atoms with van der Waals surface area (Å²) in [6, 6.07) is 0. The Labute approximate surface area is 193 Å². The zero-order chi connectivity index (χ0) is 22.0. The fraction of sp³-hybridized carbons (Fsp3) is 1.00. The van der Waals surface area contributed by atoms with Crippen molar-refractivity contribution < 1.29 is 0 Å². The highest BCUT2D eigenvalue weighted by Crippen LogP contribution is 2.15.